The molecule has 3 aromatic carbocycles. The lowest BCUT2D eigenvalue weighted by atomic mass is 9.97. The summed E-state index contributed by atoms with van der Waals surface area (Å²) in [5.74, 6) is -1.43. The number of benzene rings is 3. The van der Waals surface area contributed by atoms with Gasteiger partial charge in [0.05, 0.1) is 0 Å². The average molecular weight is 421 g/mol. The average Bonchev–Trinajstić information content (AvgIpc) is 2.80. The molecule has 3 aromatic rings. The highest BCUT2D eigenvalue weighted by atomic mass is 19.2. The highest BCUT2D eigenvalue weighted by molar-refractivity contribution is 5.71. The Bertz CT molecular complexity index is 940. The van der Waals surface area contributed by atoms with Gasteiger partial charge in [-0.25, -0.2) is 8.78 Å². The Kier molecular flexibility index (Phi) is 8.82. The molecule has 0 bridgehead atoms. The van der Waals surface area contributed by atoms with Gasteiger partial charge in [0, 0.05) is 5.56 Å². The maximum Gasteiger partial charge on any atom is 0.166 e. The van der Waals surface area contributed by atoms with E-state index in [2.05, 4.69) is 38.1 Å². The fourth-order valence-corrected chi connectivity index (χ4v) is 4.10. The lowest BCUT2D eigenvalue weighted by Gasteiger charge is -2.10. The second kappa shape index (κ2) is 11.8. The number of hydrogen-bond acceptors (Lipinski definition) is 0. The summed E-state index contributed by atoms with van der Waals surface area (Å²) in [6.45, 7) is 4.37. The molecule has 0 aliphatic rings. The Labute approximate surface area is 186 Å². The fraction of sp³-hybridized carbons (Fsp3) is 0.379. The Balaban J connectivity index is 1.67. The molecule has 0 heterocycles. The van der Waals surface area contributed by atoms with Crippen molar-refractivity contribution in [2.24, 2.45) is 0 Å². The summed E-state index contributed by atoms with van der Waals surface area (Å²) >= 11 is 0. The summed E-state index contributed by atoms with van der Waals surface area (Å²) in [6.07, 6.45) is 9.66. The molecule has 0 fully saturated rings. The van der Waals surface area contributed by atoms with Gasteiger partial charge in [-0.1, -0.05) is 113 Å². The van der Waals surface area contributed by atoms with Gasteiger partial charge >= 0.3 is 0 Å². The van der Waals surface area contributed by atoms with Crippen LogP contribution in [-0.4, -0.2) is 0 Å². The summed E-state index contributed by atoms with van der Waals surface area (Å²) in [5.41, 5.74) is 5.06. The van der Waals surface area contributed by atoms with E-state index in [1.807, 2.05) is 24.3 Å². The molecule has 0 saturated carbocycles. The minimum atomic E-state index is -0.736. The van der Waals surface area contributed by atoms with E-state index in [1.165, 1.54) is 31.2 Å². The molecule has 31 heavy (non-hydrogen) atoms. The third-order valence-electron chi connectivity index (χ3n) is 5.98. The van der Waals surface area contributed by atoms with E-state index < -0.39 is 11.6 Å². The van der Waals surface area contributed by atoms with Gasteiger partial charge in [0.1, 0.15) is 0 Å². The third-order valence-corrected chi connectivity index (χ3v) is 5.98. The van der Waals surface area contributed by atoms with E-state index in [0.29, 0.717) is 23.1 Å². The Morgan fingerprint density at radius 1 is 0.516 bits per heavy atom. The van der Waals surface area contributed by atoms with Crippen molar-refractivity contribution < 1.29 is 8.78 Å². The minimum absolute atomic E-state index is 0.328. The maximum absolute atomic E-state index is 14.8. The molecule has 0 aliphatic carbocycles. The summed E-state index contributed by atoms with van der Waals surface area (Å²) in [5, 5.41) is 0. The maximum atomic E-state index is 14.8. The van der Waals surface area contributed by atoms with E-state index in [-0.39, 0.29) is 0 Å². The van der Waals surface area contributed by atoms with Crippen molar-refractivity contribution in [1.82, 2.24) is 0 Å². The van der Waals surface area contributed by atoms with Crippen molar-refractivity contribution in [3.05, 3.63) is 83.4 Å². The highest BCUT2D eigenvalue weighted by Crippen LogP contribution is 2.29. The molecular formula is C29H34F2. The Hall–Kier alpha value is -2.48. The van der Waals surface area contributed by atoms with Crippen molar-refractivity contribution in [1.29, 1.82) is 0 Å². The molecule has 0 radical (unpaired) electrons. The number of halogens is 2. The van der Waals surface area contributed by atoms with Crippen LogP contribution < -0.4 is 0 Å². The van der Waals surface area contributed by atoms with Gasteiger partial charge in [-0.3, -0.25) is 0 Å². The van der Waals surface area contributed by atoms with E-state index in [9.17, 15) is 8.78 Å². The second-order valence-corrected chi connectivity index (χ2v) is 8.44. The van der Waals surface area contributed by atoms with Gasteiger partial charge in [-0.15, -0.1) is 0 Å². The first-order valence-electron chi connectivity index (χ1n) is 11.8. The fourth-order valence-electron chi connectivity index (χ4n) is 4.10. The van der Waals surface area contributed by atoms with Crippen LogP contribution in [0.3, 0.4) is 0 Å². The Morgan fingerprint density at radius 3 is 1.74 bits per heavy atom. The van der Waals surface area contributed by atoms with E-state index >= 15 is 0 Å². The van der Waals surface area contributed by atoms with Crippen molar-refractivity contribution in [3.63, 3.8) is 0 Å². The summed E-state index contributed by atoms with van der Waals surface area (Å²) in [7, 11) is 0. The molecular weight excluding hydrogens is 386 g/mol. The smallest absolute Gasteiger partial charge is 0.166 e. The third kappa shape index (κ3) is 6.26. The zero-order chi connectivity index (χ0) is 22.1. The molecule has 0 nitrogen and oxygen atoms in total. The summed E-state index contributed by atoms with van der Waals surface area (Å²) < 4.78 is 29.4. The van der Waals surface area contributed by atoms with Crippen molar-refractivity contribution in [2.45, 2.75) is 71.6 Å². The largest absolute Gasteiger partial charge is 0.203 e. The van der Waals surface area contributed by atoms with Gasteiger partial charge in [0.15, 0.2) is 11.6 Å². The van der Waals surface area contributed by atoms with Crippen LogP contribution in [0.25, 0.3) is 22.3 Å². The zero-order valence-corrected chi connectivity index (χ0v) is 18.9. The molecule has 164 valence electrons. The number of aryl methyl sites for hydroxylation is 2. The van der Waals surface area contributed by atoms with E-state index in [0.717, 1.165) is 36.8 Å². The van der Waals surface area contributed by atoms with Crippen LogP contribution in [0.15, 0.2) is 60.7 Å². The Morgan fingerprint density at radius 2 is 1.10 bits per heavy atom. The molecule has 0 aromatic heterocycles. The predicted molar refractivity (Wildman–Crippen MR) is 128 cm³/mol. The molecule has 0 saturated heterocycles. The van der Waals surface area contributed by atoms with Gasteiger partial charge in [0.25, 0.3) is 0 Å². The van der Waals surface area contributed by atoms with Crippen LogP contribution >= 0.6 is 0 Å². The van der Waals surface area contributed by atoms with Crippen molar-refractivity contribution >= 4 is 0 Å². The predicted octanol–water partition coefficient (Wildman–Crippen LogP) is 9.15. The summed E-state index contributed by atoms with van der Waals surface area (Å²) in [6, 6.07) is 19.7. The van der Waals surface area contributed by atoms with E-state index in [4.69, 9.17) is 0 Å². The SMILES string of the molecule is CCCCCCCCc1ccc(-c2ccc(-c3ccc(CCC)cc3)cc2)c(F)c1F. The first-order valence-corrected chi connectivity index (χ1v) is 11.8. The van der Waals surface area contributed by atoms with Crippen LogP contribution in [0.1, 0.15) is 69.9 Å². The topological polar surface area (TPSA) is 0 Å². The molecule has 0 amide bonds. The van der Waals surface area contributed by atoms with Crippen LogP contribution in [-0.2, 0) is 12.8 Å². The summed E-state index contributed by atoms with van der Waals surface area (Å²) in [4.78, 5) is 0. The minimum Gasteiger partial charge on any atom is -0.203 e. The number of hydrogen-bond donors (Lipinski definition) is 0. The standard InChI is InChI=1S/C29H34F2/c1-3-5-6-7-8-9-11-26-20-21-27(29(31)28(26)30)25-18-16-24(17-19-25)23-14-12-22(10-4-2)13-15-23/h12-21H,3-11H2,1-2H3. The van der Waals surface area contributed by atoms with Crippen molar-refractivity contribution in [2.75, 3.05) is 0 Å². The van der Waals surface area contributed by atoms with Gasteiger partial charge in [-0.05, 0) is 47.1 Å². The van der Waals surface area contributed by atoms with Crippen LogP contribution in [0.4, 0.5) is 8.78 Å². The van der Waals surface area contributed by atoms with Crippen molar-refractivity contribution in [3.8, 4) is 22.3 Å². The monoisotopic (exact) mass is 420 g/mol. The first-order chi connectivity index (χ1) is 15.1. The first kappa shape index (κ1) is 23.2. The quantitative estimate of drug-likeness (QED) is 0.271. The van der Waals surface area contributed by atoms with Gasteiger partial charge in [0.2, 0.25) is 0 Å². The normalized spacial score (nSPS) is 11.1. The van der Waals surface area contributed by atoms with E-state index in [1.54, 1.807) is 12.1 Å². The van der Waals surface area contributed by atoms with Crippen LogP contribution in [0.2, 0.25) is 0 Å². The molecule has 0 spiro atoms. The highest BCUT2D eigenvalue weighted by Gasteiger charge is 2.14. The molecule has 0 unspecified atom stereocenters. The van der Waals surface area contributed by atoms with Crippen LogP contribution in [0, 0.1) is 11.6 Å². The van der Waals surface area contributed by atoms with Gasteiger partial charge in [-0.2, -0.15) is 0 Å². The van der Waals surface area contributed by atoms with Crippen LogP contribution in [0.5, 0.6) is 0 Å². The lowest BCUT2D eigenvalue weighted by Crippen LogP contribution is -1.98. The molecule has 0 aliphatic heterocycles. The molecule has 3 rings (SSSR count). The molecule has 2 heteroatoms. The zero-order valence-electron chi connectivity index (χ0n) is 18.9. The number of unbranched alkanes of at least 4 members (excludes halogenated alkanes) is 5. The number of rotatable bonds is 11. The van der Waals surface area contributed by atoms with Gasteiger partial charge < -0.3 is 0 Å². The molecule has 0 atom stereocenters. The lowest BCUT2D eigenvalue weighted by molar-refractivity contribution is 0.497. The second-order valence-electron chi connectivity index (χ2n) is 8.44. The molecule has 0 N–H and O–H groups in total.